The van der Waals surface area contributed by atoms with Gasteiger partial charge in [0, 0.05) is 32.4 Å². The molecule has 19 heavy (non-hydrogen) atoms. The molecule has 2 rings (SSSR count). The van der Waals surface area contributed by atoms with Crippen molar-refractivity contribution in [2.24, 2.45) is 0 Å². The average Bonchev–Trinajstić information content (AvgIpc) is 2.37. The highest BCUT2D eigenvalue weighted by atomic mass is 16.5. The molecule has 1 saturated heterocycles. The number of anilines is 1. The van der Waals surface area contributed by atoms with Gasteiger partial charge in [-0.25, -0.2) is 4.98 Å². The summed E-state index contributed by atoms with van der Waals surface area (Å²) in [5, 5.41) is 3.29. The molecule has 0 saturated carbocycles. The van der Waals surface area contributed by atoms with Crippen LogP contribution in [0, 0.1) is 0 Å². The summed E-state index contributed by atoms with van der Waals surface area (Å²) in [5.74, 6) is 0.966. The number of nitrogens with zero attached hydrogens (tertiary/aromatic N) is 2. The largest absolute Gasteiger partial charge is 0.373 e. The topological polar surface area (TPSA) is 37.4 Å². The number of nitrogens with one attached hydrogen (secondary N) is 1. The normalized spacial score (nSPS) is 19.3. The molecule has 1 N–H and O–H groups in total. The second-order valence-electron chi connectivity index (χ2n) is 5.80. The molecule has 4 heteroatoms. The molecule has 0 bridgehead atoms. The van der Waals surface area contributed by atoms with Crippen molar-refractivity contribution >= 4 is 5.82 Å². The van der Waals surface area contributed by atoms with Crippen molar-refractivity contribution in [3.05, 3.63) is 23.9 Å². The summed E-state index contributed by atoms with van der Waals surface area (Å²) in [6.45, 7) is 11.2. The van der Waals surface area contributed by atoms with Crippen LogP contribution in [0.5, 0.6) is 0 Å². The van der Waals surface area contributed by atoms with Gasteiger partial charge in [0.2, 0.25) is 0 Å². The van der Waals surface area contributed by atoms with Crippen molar-refractivity contribution < 1.29 is 4.74 Å². The summed E-state index contributed by atoms with van der Waals surface area (Å²) in [7, 11) is 0. The lowest BCUT2D eigenvalue weighted by atomic mass is 10.1. The van der Waals surface area contributed by atoms with E-state index < -0.39 is 0 Å². The highest BCUT2D eigenvalue weighted by Crippen LogP contribution is 2.18. The Balaban J connectivity index is 1.88. The molecule has 1 aliphatic rings. The van der Waals surface area contributed by atoms with E-state index in [0.717, 1.165) is 45.0 Å². The van der Waals surface area contributed by atoms with Gasteiger partial charge in [0.15, 0.2) is 0 Å². The molecule has 0 amide bonds. The van der Waals surface area contributed by atoms with E-state index in [-0.39, 0.29) is 5.60 Å². The van der Waals surface area contributed by atoms with E-state index in [2.05, 4.69) is 48.1 Å². The number of morpholine rings is 1. The third-order valence-corrected chi connectivity index (χ3v) is 3.29. The Labute approximate surface area is 116 Å². The lowest BCUT2D eigenvalue weighted by Crippen LogP contribution is -2.47. The maximum atomic E-state index is 5.73. The summed E-state index contributed by atoms with van der Waals surface area (Å²) < 4.78 is 5.73. The molecule has 2 heterocycles. The molecule has 0 aliphatic carbocycles. The number of pyridine rings is 1. The number of hydrogen-bond acceptors (Lipinski definition) is 4. The van der Waals surface area contributed by atoms with Crippen LogP contribution in [0.15, 0.2) is 18.3 Å². The Morgan fingerprint density at radius 3 is 2.89 bits per heavy atom. The monoisotopic (exact) mass is 263 g/mol. The third-order valence-electron chi connectivity index (χ3n) is 3.29. The van der Waals surface area contributed by atoms with Crippen LogP contribution < -0.4 is 5.32 Å². The summed E-state index contributed by atoms with van der Waals surface area (Å²) in [6, 6.07) is 4.23. The standard InChI is InChI=1S/C15H25N3O/c1-4-7-16-14-6-5-13(10-17-14)11-18-8-9-19-15(2,3)12-18/h5-6,10H,4,7-9,11-12H2,1-3H3,(H,16,17). The second kappa shape index (κ2) is 6.35. The van der Waals surface area contributed by atoms with Crippen LogP contribution >= 0.6 is 0 Å². The van der Waals surface area contributed by atoms with Crippen LogP contribution in [-0.4, -0.2) is 41.7 Å². The minimum atomic E-state index is -0.0334. The molecule has 0 radical (unpaired) electrons. The van der Waals surface area contributed by atoms with E-state index in [9.17, 15) is 0 Å². The summed E-state index contributed by atoms with van der Waals surface area (Å²) >= 11 is 0. The first-order valence-corrected chi connectivity index (χ1v) is 7.14. The first kappa shape index (κ1) is 14.3. The lowest BCUT2D eigenvalue weighted by molar-refractivity contribution is -0.0882. The Hall–Kier alpha value is -1.13. The van der Waals surface area contributed by atoms with E-state index >= 15 is 0 Å². The molecule has 1 fully saturated rings. The number of aromatic nitrogens is 1. The molecule has 0 aromatic carbocycles. The Kier molecular flexibility index (Phi) is 4.77. The van der Waals surface area contributed by atoms with Crippen molar-refractivity contribution in [2.45, 2.75) is 39.3 Å². The van der Waals surface area contributed by atoms with Crippen molar-refractivity contribution in [3.8, 4) is 0 Å². The van der Waals surface area contributed by atoms with Gasteiger partial charge in [0.1, 0.15) is 5.82 Å². The van der Waals surface area contributed by atoms with Crippen molar-refractivity contribution in [3.63, 3.8) is 0 Å². The van der Waals surface area contributed by atoms with Gasteiger partial charge in [-0.05, 0) is 31.9 Å². The van der Waals surface area contributed by atoms with Gasteiger partial charge in [0.05, 0.1) is 12.2 Å². The highest BCUT2D eigenvalue weighted by Gasteiger charge is 2.26. The van der Waals surface area contributed by atoms with Crippen molar-refractivity contribution in [1.82, 2.24) is 9.88 Å². The van der Waals surface area contributed by atoms with Gasteiger partial charge >= 0.3 is 0 Å². The fourth-order valence-electron chi connectivity index (χ4n) is 2.38. The SMILES string of the molecule is CCCNc1ccc(CN2CCOC(C)(C)C2)cn1. The molecule has 1 aliphatic heterocycles. The Morgan fingerprint density at radius 2 is 2.26 bits per heavy atom. The van der Waals surface area contributed by atoms with Gasteiger partial charge in [-0.2, -0.15) is 0 Å². The predicted molar refractivity (Wildman–Crippen MR) is 78.3 cm³/mol. The molecule has 4 nitrogen and oxygen atoms in total. The van der Waals surface area contributed by atoms with Gasteiger partial charge in [-0.3, -0.25) is 4.90 Å². The first-order valence-electron chi connectivity index (χ1n) is 7.14. The Bertz CT molecular complexity index is 389. The van der Waals surface area contributed by atoms with E-state index in [1.54, 1.807) is 0 Å². The van der Waals surface area contributed by atoms with Gasteiger partial charge in [-0.1, -0.05) is 13.0 Å². The average molecular weight is 263 g/mol. The van der Waals surface area contributed by atoms with Crippen LogP contribution in [0.1, 0.15) is 32.8 Å². The second-order valence-corrected chi connectivity index (χ2v) is 5.80. The summed E-state index contributed by atoms with van der Waals surface area (Å²) in [4.78, 5) is 6.88. The minimum Gasteiger partial charge on any atom is -0.373 e. The molecular formula is C15H25N3O. The van der Waals surface area contributed by atoms with Gasteiger partial charge in [-0.15, -0.1) is 0 Å². The molecule has 0 unspecified atom stereocenters. The van der Waals surface area contributed by atoms with Crippen LogP contribution in [0.25, 0.3) is 0 Å². The van der Waals surface area contributed by atoms with E-state index in [1.807, 2.05) is 6.20 Å². The zero-order valence-electron chi connectivity index (χ0n) is 12.3. The quantitative estimate of drug-likeness (QED) is 0.886. The lowest BCUT2D eigenvalue weighted by Gasteiger charge is -2.38. The van der Waals surface area contributed by atoms with Crippen molar-refractivity contribution in [1.29, 1.82) is 0 Å². The molecular weight excluding hydrogens is 238 g/mol. The van der Waals surface area contributed by atoms with E-state index in [1.165, 1.54) is 5.56 Å². The third kappa shape index (κ3) is 4.48. The maximum absolute atomic E-state index is 5.73. The zero-order valence-corrected chi connectivity index (χ0v) is 12.3. The molecule has 0 atom stereocenters. The van der Waals surface area contributed by atoms with Crippen LogP contribution in [0.4, 0.5) is 5.82 Å². The molecule has 106 valence electrons. The van der Waals surface area contributed by atoms with Gasteiger partial charge in [0.25, 0.3) is 0 Å². The smallest absolute Gasteiger partial charge is 0.125 e. The fraction of sp³-hybridized carbons (Fsp3) is 0.667. The van der Waals surface area contributed by atoms with Crippen LogP contribution in [0.2, 0.25) is 0 Å². The number of hydrogen-bond donors (Lipinski definition) is 1. The number of rotatable bonds is 5. The predicted octanol–water partition coefficient (Wildman–Crippen LogP) is 2.51. The minimum absolute atomic E-state index is 0.0334. The zero-order chi connectivity index (χ0) is 13.7. The van der Waals surface area contributed by atoms with Crippen LogP contribution in [-0.2, 0) is 11.3 Å². The van der Waals surface area contributed by atoms with Gasteiger partial charge < -0.3 is 10.1 Å². The first-order chi connectivity index (χ1) is 9.09. The van der Waals surface area contributed by atoms with E-state index in [0.29, 0.717) is 0 Å². The molecule has 1 aromatic heterocycles. The fourth-order valence-corrected chi connectivity index (χ4v) is 2.38. The summed E-state index contributed by atoms with van der Waals surface area (Å²) in [6.07, 6.45) is 3.09. The van der Waals surface area contributed by atoms with E-state index in [4.69, 9.17) is 4.74 Å². The van der Waals surface area contributed by atoms with Crippen molar-refractivity contribution in [2.75, 3.05) is 31.6 Å². The molecule has 1 aromatic rings. The highest BCUT2D eigenvalue weighted by molar-refractivity contribution is 5.35. The molecule has 0 spiro atoms. The summed E-state index contributed by atoms with van der Waals surface area (Å²) in [5.41, 5.74) is 1.23. The maximum Gasteiger partial charge on any atom is 0.125 e. The number of ether oxygens (including phenoxy) is 1. The van der Waals surface area contributed by atoms with Crippen LogP contribution in [0.3, 0.4) is 0 Å². The Morgan fingerprint density at radius 1 is 1.42 bits per heavy atom.